The fourth-order valence-corrected chi connectivity index (χ4v) is 2.75. The summed E-state index contributed by atoms with van der Waals surface area (Å²) in [5.74, 6) is 0.150. The Morgan fingerprint density at radius 1 is 1.41 bits per heavy atom. The molecule has 0 spiro atoms. The van der Waals surface area contributed by atoms with Gasteiger partial charge in [-0.25, -0.2) is 0 Å². The smallest absolute Gasteiger partial charge is 0.226 e. The van der Waals surface area contributed by atoms with Gasteiger partial charge in [0.1, 0.15) is 0 Å². The minimum Gasteiger partial charge on any atom is -0.357 e. The molecule has 4 nitrogen and oxygen atoms in total. The molecule has 1 fully saturated rings. The number of carbonyl (C=O) groups excluding carboxylic acids is 1. The van der Waals surface area contributed by atoms with E-state index in [9.17, 15) is 4.79 Å². The number of benzene rings is 1. The number of rotatable bonds is 5. The molecular formula is C18H21N3O. The second kappa shape index (κ2) is 5.49. The number of hydrogen-bond donors (Lipinski definition) is 2. The average molecular weight is 295 g/mol. The minimum atomic E-state index is -0.132. The lowest BCUT2D eigenvalue weighted by Gasteiger charge is -2.08. The predicted molar refractivity (Wildman–Crippen MR) is 86.2 cm³/mol. The van der Waals surface area contributed by atoms with E-state index in [0.717, 1.165) is 35.9 Å². The third kappa shape index (κ3) is 2.85. The van der Waals surface area contributed by atoms with Gasteiger partial charge in [0.25, 0.3) is 0 Å². The third-order valence-electron chi connectivity index (χ3n) is 4.63. The van der Waals surface area contributed by atoms with Crippen molar-refractivity contribution >= 4 is 16.8 Å². The summed E-state index contributed by atoms with van der Waals surface area (Å²) in [6.45, 7) is 4.62. The number of carbonyl (C=O) groups is 1. The van der Waals surface area contributed by atoms with E-state index in [2.05, 4.69) is 41.5 Å². The molecule has 4 heteroatoms. The zero-order valence-corrected chi connectivity index (χ0v) is 13.1. The van der Waals surface area contributed by atoms with Crippen LogP contribution >= 0.6 is 0 Å². The molecule has 3 rings (SSSR count). The van der Waals surface area contributed by atoms with E-state index in [1.54, 1.807) is 0 Å². The second-order valence-electron chi connectivity index (χ2n) is 6.56. The van der Waals surface area contributed by atoms with Gasteiger partial charge in [0.05, 0.1) is 12.6 Å². The molecule has 1 aliphatic rings. The number of aryl methyl sites for hydroxylation is 2. The van der Waals surface area contributed by atoms with Crippen molar-refractivity contribution < 1.29 is 4.79 Å². The average Bonchev–Trinajstić information content (AvgIpc) is 3.12. The van der Waals surface area contributed by atoms with Crippen LogP contribution in [0.4, 0.5) is 0 Å². The first-order chi connectivity index (χ1) is 10.5. The van der Waals surface area contributed by atoms with Gasteiger partial charge in [-0.2, -0.15) is 5.26 Å². The lowest BCUT2D eigenvalue weighted by Crippen LogP contribution is -2.29. The lowest BCUT2D eigenvalue weighted by molar-refractivity contribution is -0.125. The number of fused-ring (bicyclic) bond motifs is 1. The number of H-pyrrole nitrogens is 1. The summed E-state index contributed by atoms with van der Waals surface area (Å²) in [5, 5.41) is 12.9. The molecule has 2 N–H and O–H groups in total. The summed E-state index contributed by atoms with van der Waals surface area (Å²) < 4.78 is 0. The highest BCUT2D eigenvalue weighted by atomic mass is 16.2. The molecule has 0 unspecified atom stereocenters. The van der Waals surface area contributed by atoms with Gasteiger partial charge in [-0.3, -0.25) is 4.79 Å². The van der Waals surface area contributed by atoms with Gasteiger partial charge in [-0.15, -0.1) is 0 Å². The molecule has 22 heavy (non-hydrogen) atoms. The van der Waals surface area contributed by atoms with E-state index in [1.807, 2.05) is 6.92 Å². The van der Waals surface area contributed by atoms with Gasteiger partial charge in [-0.1, -0.05) is 6.92 Å². The zero-order valence-electron chi connectivity index (χ0n) is 13.1. The molecule has 0 bridgehead atoms. The van der Waals surface area contributed by atoms with Crippen LogP contribution in [0.3, 0.4) is 0 Å². The highest BCUT2D eigenvalue weighted by molar-refractivity contribution is 5.85. The molecule has 1 aliphatic carbocycles. The van der Waals surface area contributed by atoms with Crippen molar-refractivity contribution in [3.8, 4) is 6.07 Å². The Labute approximate surface area is 130 Å². The summed E-state index contributed by atoms with van der Waals surface area (Å²) in [4.78, 5) is 15.4. The molecule has 0 radical (unpaired) electrons. The van der Waals surface area contributed by atoms with Gasteiger partial charge in [-0.05, 0) is 55.5 Å². The van der Waals surface area contributed by atoms with Crippen molar-refractivity contribution in [2.45, 2.75) is 46.1 Å². The molecule has 0 aliphatic heterocycles. The normalized spacial score (nSPS) is 15.5. The lowest BCUT2D eigenvalue weighted by atomic mass is 10.0. The maximum atomic E-state index is 12.0. The van der Waals surface area contributed by atoms with Crippen molar-refractivity contribution in [1.29, 1.82) is 5.26 Å². The summed E-state index contributed by atoms with van der Waals surface area (Å²) in [7, 11) is 0. The Morgan fingerprint density at radius 2 is 2.18 bits per heavy atom. The van der Waals surface area contributed by atoms with Crippen LogP contribution in [0.15, 0.2) is 18.2 Å². The van der Waals surface area contributed by atoms with Crippen LogP contribution in [0, 0.1) is 23.7 Å². The Kier molecular flexibility index (Phi) is 3.66. The number of aromatic amines is 1. The Balaban J connectivity index is 1.75. The Bertz CT molecular complexity index is 762. The van der Waals surface area contributed by atoms with E-state index in [0.29, 0.717) is 13.0 Å². The Morgan fingerprint density at radius 3 is 2.86 bits per heavy atom. The summed E-state index contributed by atoms with van der Waals surface area (Å²) in [6, 6.07) is 8.54. The van der Waals surface area contributed by atoms with E-state index in [4.69, 9.17) is 5.26 Å². The third-order valence-corrected chi connectivity index (χ3v) is 4.63. The standard InChI is InChI=1S/C18H21N3O/c1-12-8-16-14(9-13(12)4-3-7-19)10-15(21-16)11-20-17(22)18(2)5-6-18/h8-10,21H,3-6,11H2,1-2H3,(H,20,22). The largest absolute Gasteiger partial charge is 0.357 e. The van der Waals surface area contributed by atoms with E-state index in [-0.39, 0.29) is 11.3 Å². The number of nitrogens with zero attached hydrogens (tertiary/aromatic N) is 1. The molecule has 1 heterocycles. The topological polar surface area (TPSA) is 68.7 Å². The van der Waals surface area contributed by atoms with Crippen molar-refractivity contribution in [1.82, 2.24) is 10.3 Å². The minimum absolute atomic E-state index is 0.132. The maximum absolute atomic E-state index is 12.0. The van der Waals surface area contributed by atoms with Gasteiger partial charge >= 0.3 is 0 Å². The maximum Gasteiger partial charge on any atom is 0.226 e. The highest BCUT2D eigenvalue weighted by Crippen LogP contribution is 2.45. The SMILES string of the molecule is Cc1cc2[nH]c(CNC(=O)C3(C)CC3)cc2cc1CCC#N. The van der Waals surface area contributed by atoms with E-state index in [1.165, 1.54) is 11.1 Å². The van der Waals surface area contributed by atoms with Gasteiger partial charge in [0.15, 0.2) is 0 Å². The first-order valence-corrected chi connectivity index (χ1v) is 7.78. The van der Waals surface area contributed by atoms with E-state index >= 15 is 0 Å². The van der Waals surface area contributed by atoms with Gasteiger partial charge < -0.3 is 10.3 Å². The van der Waals surface area contributed by atoms with Crippen molar-refractivity contribution in [2.75, 3.05) is 0 Å². The zero-order chi connectivity index (χ0) is 15.7. The van der Waals surface area contributed by atoms with Crippen LogP contribution in [0.5, 0.6) is 0 Å². The van der Waals surface area contributed by atoms with Crippen molar-refractivity contribution in [3.63, 3.8) is 0 Å². The van der Waals surface area contributed by atoms with Crippen LogP contribution in [-0.2, 0) is 17.8 Å². The summed E-state index contributed by atoms with van der Waals surface area (Å²) in [6.07, 6.45) is 3.31. The number of hydrogen-bond acceptors (Lipinski definition) is 2. The fraction of sp³-hybridized carbons (Fsp3) is 0.444. The molecule has 1 amide bonds. The molecule has 0 saturated heterocycles. The van der Waals surface area contributed by atoms with Crippen LogP contribution in [0.2, 0.25) is 0 Å². The summed E-state index contributed by atoms with van der Waals surface area (Å²) >= 11 is 0. The number of nitriles is 1. The monoisotopic (exact) mass is 295 g/mol. The van der Waals surface area contributed by atoms with Gasteiger partial charge in [0, 0.05) is 28.4 Å². The molecule has 1 aromatic heterocycles. The first-order valence-electron chi connectivity index (χ1n) is 7.78. The first kappa shape index (κ1) is 14.6. The molecule has 114 valence electrons. The Hall–Kier alpha value is -2.28. The van der Waals surface area contributed by atoms with Crippen molar-refractivity contribution in [2.24, 2.45) is 5.41 Å². The molecule has 1 saturated carbocycles. The summed E-state index contributed by atoms with van der Waals surface area (Å²) in [5.41, 5.74) is 4.39. The quantitative estimate of drug-likeness (QED) is 0.888. The fourth-order valence-electron chi connectivity index (χ4n) is 2.75. The number of aromatic nitrogens is 1. The molecule has 0 atom stereocenters. The van der Waals surface area contributed by atoms with E-state index < -0.39 is 0 Å². The molecular weight excluding hydrogens is 274 g/mol. The van der Waals surface area contributed by atoms with Crippen LogP contribution in [0.1, 0.15) is 43.0 Å². The highest BCUT2D eigenvalue weighted by Gasteiger charge is 2.44. The van der Waals surface area contributed by atoms with Crippen LogP contribution < -0.4 is 5.32 Å². The molecule has 1 aromatic carbocycles. The van der Waals surface area contributed by atoms with Crippen LogP contribution in [0.25, 0.3) is 10.9 Å². The number of nitrogens with one attached hydrogen (secondary N) is 2. The number of amides is 1. The second-order valence-corrected chi connectivity index (χ2v) is 6.56. The molecule has 2 aromatic rings. The van der Waals surface area contributed by atoms with Gasteiger partial charge in [0.2, 0.25) is 5.91 Å². The van der Waals surface area contributed by atoms with Crippen molar-refractivity contribution in [3.05, 3.63) is 35.0 Å². The predicted octanol–water partition coefficient (Wildman–Crippen LogP) is 3.35. The van der Waals surface area contributed by atoms with Crippen LogP contribution in [-0.4, -0.2) is 10.9 Å².